The predicted molar refractivity (Wildman–Crippen MR) is 91.3 cm³/mol. The van der Waals surface area contributed by atoms with Gasteiger partial charge in [-0.05, 0) is 18.1 Å². The lowest BCUT2D eigenvalue weighted by atomic mass is 10.0. The fraction of sp³-hybridized carbons (Fsp3) is 0.250. The summed E-state index contributed by atoms with van der Waals surface area (Å²) in [4.78, 5) is 35.9. The van der Waals surface area contributed by atoms with Gasteiger partial charge in [0.25, 0.3) is 0 Å². The van der Waals surface area contributed by atoms with Gasteiger partial charge in [0, 0.05) is 6.42 Å². The number of esters is 2. The first-order chi connectivity index (χ1) is 12.1. The van der Waals surface area contributed by atoms with Gasteiger partial charge < -0.3 is 9.47 Å². The Hall–Kier alpha value is -2.95. The summed E-state index contributed by atoms with van der Waals surface area (Å²) in [6.07, 6.45) is -0.235. The summed E-state index contributed by atoms with van der Waals surface area (Å²) < 4.78 is 10.3. The van der Waals surface area contributed by atoms with Crippen LogP contribution in [0, 0.1) is 5.92 Å². The number of benzene rings is 2. The van der Waals surface area contributed by atoms with Crippen molar-refractivity contribution in [2.45, 2.75) is 26.6 Å². The van der Waals surface area contributed by atoms with E-state index in [4.69, 9.17) is 9.47 Å². The molecule has 0 heterocycles. The van der Waals surface area contributed by atoms with Gasteiger partial charge in [0.2, 0.25) is 0 Å². The van der Waals surface area contributed by atoms with E-state index in [1.165, 1.54) is 6.92 Å². The average Bonchev–Trinajstić information content (AvgIpc) is 2.64. The molecule has 130 valence electrons. The zero-order valence-corrected chi connectivity index (χ0v) is 14.0. The van der Waals surface area contributed by atoms with E-state index >= 15 is 0 Å². The molecule has 0 bridgehead atoms. The van der Waals surface area contributed by atoms with Crippen molar-refractivity contribution in [3.63, 3.8) is 0 Å². The monoisotopic (exact) mass is 340 g/mol. The Kier molecular flexibility index (Phi) is 6.89. The molecule has 0 aliphatic heterocycles. The quantitative estimate of drug-likeness (QED) is 0.546. The highest BCUT2D eigenvalue weighted by Crippen LogP contribution is 2.13. The standard InChI is InChI=1S/C20H20O5/c1-15(21)12-18(19(22)24-13-16-8-4-2-5-9-16)20(23)25-14-17-10-6-3-7-11-17/h2-11,18H,12-14H2,1H3. The van der Waals surface area contributed by atoms with Crippen molar-refractivity contribution in [3.8, 4) is 0 Å². The summed E-state index contributed by atoms with van der Waals surface area (Å²) in [7, 11) is 0. The van der Waals surface area contributed by atoms with Crippen LogP contribution in [0.5, 0.6) is 0 Å². The van der Waals surface area contributed by atoms with Crippen LogP contribution in [0.3, 0.4) is 0 Å². The van der Waals surface area contributed by atoms with Crippen LogP contribution in [-0.4, -0.2) is 17.7 Å². The highest BCUT2D eigenvalue weighted by molar-refractivity contribution is 5.98. The fourth-order valence-corrected chi connectivity index (χ4v) is 2.21. The summed E-state index contributed by atoms with van der Waals surface area (Å²) in [5, 5.41) is 0. The number of hydrogen-bond donors (Lipinski definition) is 0. The zero-order valence-electron chi connectivity index (χ0n) is 14.0. The molecule has 2 aromatic rings. The highest BCUT2D eigenvalue weighted by atomic mass is 16.6. The van der Waals surface area contributed by atoms with Crippen LogP contribution in [0.25, 0.3) is 0 Å². The topological polar surface area (TPSA) is 69.7 Å². The number of hydrogen-bond acceptors (Lipinski definition) is 5. The van der Waals surface area contributed by atoms with E-state index in [2.05, 4.69) is 0 Å². The molecule has 0 saturated carbocycles. The van der Waals surface area contributed by atoms with Crippen molar-refractivity contribution in [2.24, 2.45) is 5.92 Å². The third-order valence-corrected chi connectivity index (χ3v) is 3.51. The van der Waals surface area contributed by atoms with Crippen LogP contribution in [-0.2, 0) is 37.1 Å². The van der Waals surface area contributed by atoms with Crippen molar-refractivity contribution < 1.29 is 23.9 Å². The number of rotatable bonds is 8. The van der Waals surface area contributed by atoms with E-state index in [1.807, 2.05) is 36.4 Å². The van der Waals surface area contributed by atoms with Crippen LogP contribution in [0.1, 0.15) is 24.5 Å². The van der Waals surface area contributed by atoms with Gasteiger partial charge in [-0.1, -0.05) is 60.7 Å². The second kappa shape index (κ2) is 9.37. The number of carbonyl (C=O) groups excluding carboxylic acids is 3. The Morgan fingerprint density at radius 3 is 1.52 bits per heavy atom. The minimum Gasteiger partial charge on any atom is -0.460 e. The number of ketones is 1. The van der Waals surface area contributed by atoms with Crippen molar-refractivity contribution >= 4 is 17.7 Å². The molecule has 5 heteroatoms. The van der Waals surface area contributed by atoms with E-state index in [0.717, 1.165) is 11.1 Å². The second-order valence-electron chi connectivity index (χ2n) is 5.65. The molecule has 5 nitrogen and oxygen atoms in total. The second-order valence-corrected chi connectivity index (χ2v) is 5.65. The highest BCUT2D eigenvalue weighted by Gasteiger charge is 2.31. The largest absolute Gasteiger partial charge is 0.460 e. The number of carbonyl (C=O) groups is 3. The van der Waals surface area contributed by atoms with Gasteiger partial charge in [-0.2, -0.15) is 0 Å². The Labute approximate surface area is 146 Å². The van der Waals surface area contributed by atoms with Crippen LogP contribution in [0.2, 0.25) is 0 Å². The van der Waals surface area contributed by atoms with Crippen molar-refractivity contribution in [1.82, 2.24) is 0 Å². The minimum absolute atomic E-state index is 0.0417. The maximum atomic E-state index is 12.2. The lowest BCUT2D eigenvalue weighted by molar-refractivity contribution is -0.165. The fourth-order valence-electron chi connectivity index (χ4n) is 2.21. The predicted octanol–water partition coefficient (Wildman–Crippen LogP) is 3.07. The minimum atomic E-state index is -1.25. The molecule has 0 aliphatic carbocycles. The van der Waals surface area contributed by atoms with E-state index in [1.54, 1.807) is 24.3 Å². The summed E-state index contributed by atoms with van der Waals surface area (Å²) in [5.41, 5.74) is 1.60. The van der Waals surface area contributed by atoms with Gasteiger partial charge in [0.05, 0.1) is 0 Å². The van der Waals surface area contributed by atoms with E-state index < -0.39 is 17.9 Å². The zero-order chi connectivity index (χ0) is 18.1. The SMILES string of the molecule is CC(=O)CC(C(=O)OCc1ccccc1)C(=O)OCc1ccccc1. The van der Waals surface area contributed by atoms with Crippen molar-refractivity contribution in [2.75, 3.05) is 0 Å². The molecule has 0 N–H and O–H groups in total. The van der Waals surface area contributed by atoms with E-state index in [-0.39, 0.29) is 25.4 Å². The average molecular weight is 340 g/mol. The van der Waals surface area contributed by atoms with Gasteiger partial charge in [0.1, 0.15) is 19.0 Å². The van der Waals surface area contributed by atoms with E-state index in [9.17, 15) is 14.4 Å². The smallest absolute Gasteiger partial charge is 0.321 e. The molecule has 0 fully saturated rings. The Morgan fingerprint density at radius 2 is 1.16 bits per heavy atom. The normalized spacial score (nSPS) is 10.3. The van der Waals surface area contributed by atoms with Crippen molar-refractivity contribution in [3.05, 3.63) is 71.8 Å². The Balaban J connectivity index is 1.95. The van der Waals surface area contributed by atoms with Gasteiger partial charge in [-0.25, -0.2) is 0 Å². The molecule has 0 spiro atoms. The molecular formula is C20H20O5. The first kappa shape index (κ1) is 18.4. The maximum absolute atomic E-state index is 12.2. The summed E-state index contributed by atoms with van der Waals surface area (Å²) in [6, 6.07) is 18.2. The summed E-state index contributed by atoms with van der Waals surface area (Å²) in [5.74, 6) is -3.03. The lowest BCUT2D eigenvalue weighted by Gasteiger charge is -2.14. The lowest BCUT2D eigenvalue weighted by Crippen LogP contribution is -2.29. The molecule has 0 radical (unpaired) electrons. The molecule has 2 rings (SSSR count). The van der Waals surface area contributed by atoms with Crippen molar-refractivity contribution in [1.29, 1.82) is 0 Å². The number of Topliss-reactive ketones (excluding diaryl/α,β-unsaturated/α-hetero) is 1. The Morgan fingerprint density at radius 1 is 0.760 bits per heavy atom. The van der Waals surface area contributed by atoms with E-state index in [0.29, 0.717) is 0 Å². The Bertz CT molecular complexity index is 654. The maximum Gasteiger partial charge on any atom is 0.321 e. The molecule has 0 unspecified atom stereocenters. The molecule has 0 aliphatic rings. The molecular weight excluding hydrogens is 320 g/mol. The third kappa shape index (κ3) is 6.22. The molecule has 0 saturated heterocycles. The third-order valence-electron chi connectivity index (χ3n) is 3.51. The molecule has 25 heavy (non-hydrogen) atoms. The van der Waals surface area contributed by atoms with Crippen LogP contribution in [0.4, 0.5) is 0 Å². The van der Waals surface area contributed by atoms with Crippen LogP contribution >= 0.6 is 0 Å². The molecule has 0 amide bonds. The molecule has 2 aromatic carbocycles. The van der Waals surface area contributed by atoms with Crippen LogP contribution in [0.15, 0.2) is 60.7 Å². The number of ether oxygens (including phenoxy) is 2. The van der Waals surface area contributed by atoms with Gasteiger partial charge in [-0.3, -0.25) is 14.4 Å². The first-order valence-corrected chi connectivity index (χ1v) is 7.97. The summed E-state index contributed by atoms with van der Waals surface area (Å²) in [6.45, 7) is 1.40. The summed E-state index contributed by atoms with van der Waals surface area (Å²) >= 11 is 0. The van der Waals surface area contributed by atoms with Gasteiger partial charge >= 0.3 is 11.9 Å². The van der Waals surface area contributed by atoms with Gasteiger partial charge in [0.15, 0.2) is 5.92 Å². The molecule has 0 aromatic heterocycles. The first-order valence-electron chi connectivity index (χ1n) is 7.97. The van der Waals surface area contributed by atoms with Crippen LogP contribution < -0.4 is 0 Å². The van der Waals surface area contributed by atoms with Gasteiger partial charge in [-0.15, -0.1) is 0 Å². The molecule has 0 atom stereocenters.